The molecule has 1 fully saturated rings. The van der Waals surface area contributed by atoms with Crippen molar-refractivity contribution >= 4 is 23.2 Å². The Labute approximate surface area is 113 Å². The Morgan fingerprint density at radius 1 is 1.29 bits per heavy atom. The second kappa shape index (κ2) is 6.05. The summed E-state index contributed by atoms with van der Waals surface area (Å²) in [6.07, 6.45) is 1.17. The van der Waals surface area contributed by atoms with Crippen LogP contribution in [0.25, 0.3) is 0 Å². The molecule has 1 unspecified atom stereocenters. The van der Waals surface area contributed by atoms with E-state index < -0.39 is 0 Å². The molecule has 0 amide bonds. The summed E-state index contributed by atoms with van der Waals surface area (Å²) in [7, 11) is 0. The standard InChI is InChI=1S/C13H18Cl2N2/c1-10-5-6-16-7-8-17(10)9-11-12(14)3-2-4-13(11)15/h2-4,10,16H,5-9H2,1H3. The number of benzene rings is 1. The van der Waals surface area contributed by atoms with Crippen LogP contribution in [-0.4, -0.2) is 30.6 Å². The first-order valence-corrected chi connectivity index (χ1v) is 6.81. The van der Waals surface area contributed by atoms with E-state index in [4.69, 9.17) is 23.2 Å². The highest BCUT2D eigenvalue weighted by Crippen LogP contribution is 2.26. The molecule has 1 heterocycles. The zero-order chi connectivity index (χ0) is 12.3. The van der Waals surface area contributed by atoms with Gasteiger partial charge in [-0.3, -0.25) is 4.90 Å². The third-order valence-corrected chi connectivity index (χ3v) is 4.07. The second-order valence-electron chi connectivity index (χ2n) is 4.56. The van der Waals surface area contributed by atoms with Crippen LogP contribution in [-0.2, 0) is 6.54 Å². The van der Waals surface area contributed by atoms with Crippen molar-refractivity contribution in [2.75, 3.05) is 19.6 Å². The molecule has 0 bridgehead atoms. The van der Waals surface area contributed by atoms with Gasteiger partial charge in [-0.25, -0.2) is 0 Å². The van der Waals surface area contributed by atoms with E-state index in [0.29, 0.717) is 6.04 Å². The van der Waals surface area contributed by atoms with Gasteiger partial charge in [0.25, 0.3) is 0 Å². The number of rotatable bonds is 2. The second-order valence-corrected chi connectivity index (χ2v) is 5.37. The van der Waals surface area contributed by atoms with Crippen LogP contribution in [0.15, 0.2) is 18.2 Å². The monoisotopic (exact) mass is 272 g/mol. The predicted molar refractivity (Wildman–Crippen MR) is 73.8 cm³/mol. The topological polar surface area (TPSA) is 15.3 Å². The maximum Gasteiger partial charge on any atom is 0.0465 e. The van der Waals surface area contributed by atoms with Crippen LogP contribution in [0.5, 0.6) is 0 Å². The van der Waals surface area contributed by atoms with Crippen molar-refractivity contribution in [3.63, 3.8) is 0 Å². The fourth-order valence-corrected chi connectivity index (χ4v) is 2.70. The predicted octanol–water partition coefficient (Wildman–Crippen LogP) is 3.18. The Kier molecular flexibility index (Phi) is 4.69. The Morgan fingerprint density at radius 2 is 2.00 bits per heavy atom. The van der Waals surface area contributed by atoms with Crippen LogP contribution < -0.4 is 5.32 Å². The summed E-state index contributed by atoms with van der Waals surface area (Å²) in [5, 5.41) is 4.95. The van der Waals surface area contributed by atoms with E-state index in [-0.39, 0.29) is 0 Å². The van der Waals surface area contributed by atoms with E-state index in [0.717, 1.165) is 41.8 Å². The van der Waals surface area contributed by atoms with Gasteiger partial charge >= 0.3 is 0 Å². The molecule has 1 atom stereocenters. The molecule has 1 aliphatic rings. The normalized spacial score (nSPS) is 22.4. The van der Waals surface area contributed by atoms with Crippen molar-refractivity contribution in [2.24, 2.45) is 0 Å². The third-order valence-electron chi connectivity index (χ3n) is 3.36. The third kappa shape index (κ3) is 3.35. The van der Waals surface area contributed by atoms with Gasteiger partial charge in [-0.1, -0.05) is 29.3 Å². The van der Waals surface area contributed by atoms with E-state index >= 15 is 0 Å². The SMILES string of the molecule is CC1CCNCCN1Cc1c(Cl)cccc1Cl. The number of hydrogen-bond donors (Lipinski definition) is 1. The van der Waals surface area contributed by atoms with Gasteiger partial charge in [0.15, 0.2) is 0 Å². The highest BCUT2D eigenvalue weighted by Gasteiger charge is 2.18. The molecule has 0 aromatic heterocycles. The molecule has 1 N–H and O–H groups in total. The first-order chi connectivity index (χ1) is 8.18. The van der Waals surface area contributed by atoms with E-state index in [1.54, 1.807) is 0 Å². The van der Waals surface area contributed by atoms with Crippen LogP contribution in [0, 0.1) is 0 Å². The Morgan fingerprint density at radius 3 is 2.71 bits per heavy atom. The Balaban J connectivity index is 2.13. The van der Waals surface area contributed by atoms with Crippen molar-refractivity contribution in [1.29, 1.82) is 0 Å². The lowest BCUT2D eigenvalue weighted by Crippen LogP contribution is -2.33. The number of hydrogen-bond acceptors (Lipinski definition) is 2. The van der Waals surface area contributed by atoms with Crippen LogP contribution in [0.3, 0.4) is 0 Å². The molecule has 1 aliphatic heterocycles. The first-order valence-electron chi connectivity index (χ1n) is 6.06. The van der Waals surface area contributed by atoms with Crippen molar-refractivity contribution in [2.45, 2.75) is 25.9 Å². The van der Waals surface area contributed by atoms with E-state index in [2.05, 4.69) is 17.1 Å². The first kappa shape index (κ1) is 13.2. The molecule has 0 spiro atoms. The number of halogens is 2. The molecular formula is C13H18Cl2N2. The molecule has 0 radical (unpaired) electrons. The zero-order valence-electron chi connectivity index (χ0n) is 10.0. The van der Waals surface area contributed by atoms with Gasteiger partial charge < -0.3 is 5.32 Å². The molecule has 0 saturated carbocycles. The van der Waals surface area contributed by atoms with Crippen molar-refractivity contribution < 1.29 is 0 Å². The Hall–Kier alpha value is -0.280. The van der Waals surface area contributed by atoms with Gasteiger partial charge in [0.1, 0.15) is 0 Å². The summed E-state index contributed by atoms with van der Waals surface area (Å²) in [6, 6.07) is 6.27. The molecule has 1 aromatic rings. The zero-order valence-corrected chi connectivity index (χ0v) is 11.6. The van der Waals surface area contributed by atoms with Crippen LogP contribution in [0.4, 0.5) is 0 Å². The van der Waals surface area contributed by atoms with E-state index in [1.807, 2.05) is 18.2 Å². The highest BCUT2D eigenvalue weighted by atomic mass is 35.5. The van der Waals surface area contributed by atoms with Crippen LogP contribution >= 0.6 is 23.2 Å². The summed E-state index contributed by atoms with van der Waals surface area (Å²) in [5.74, 6) is 0. The largest absolute Gasteiger partial charge is 0.315 e. The lowest BCUT2D eigenvalue weighted by atomic mass is 10.1. The molecule has 0 aliphatic carbocycles. The van der Waals surface area contributed by atoms with Gasteiger partial charge in [-0.05, 0) is 32.0 Å². The highest BCUT2D eigenvalue weighted by molar-refractivity contribution is 6.35. The summed E-state index contributed by atoms with van der Waals surface area (Å²) >= 11 is 12.4. The van der Waals surface area contributed by atoms with Gasteiger partial charge in [0.2, 0.25) is 0 Å². The van der Waals surface area contributed by atoms with Gasteiger partial charge in [-0.2, -0.15) is 0 Å². The lowest BCUT2D eigenvalue weighted by molar-refractivity contribution is 0.211. The fourth-order valence-electron chi connectivity index (χ4n) is 2.18. The molecule has 94 valence electrons. The molecule has 1 aromatic carbocycles. The van der Waals surface area contributed by atoms with Gasteiger partial charge in [-0.15, -0.1) is 0 Å². The maximum absolute atomic E-state index is 6.21. The minimum absolute atomic E-state index is 0.567. The minimum atomic E-state index is 0.567. The quantitative estimate of drug-likeness (QED) is 0.890. The lowest BCUT2D eigenvalue weighted by Gasteiger charge is -2.27. The summed E-state index contributed by atoms with van der Waals surface area (Å²) in [5.41, 5.74) is 1.05. The summed E-state index contributed by atoms with van der Waals surface area (Å²) < 4.78 is 0. The van der Waals surface area contributed by atoms with Gasteiger partial charge in [0, 0.05) is 41.3 Å². The molecule has 4 heteroatoms. The molecule has 2 rings (SSSR count). The molecule has 1 saturated heterocycles. The summed E-state index contributed by atoms with van der Waals surface area (Å²) in [4.78, 5) is 2.44. The van der Waals surface area contributed by atoms with E-state index in [1.165, 1.54) is 6.42 Å². The molecule has 17 heavy (non-hydrogen) atoms. The van der Waals surface area contributed by atoms with Crippen LogP contribution in [0.1, 0.15) is 18.9 Å². The molecule has 2 nitrogen and oxygen atoms in total. The average molecular weight is 273 g/mol. The fraction of sp³-hybridized carbons (Fsp3) is 0.538. The van der Waals surface area contributed by atoms with Crippen molar-refractivity contribution in [3.8, 4) is 0 Å². The number of nitrogens with zero attached hydrogens (tertiary/aromatic N) is 1. The van der Waals surface area contributed by atoms with Crippen molar-refractivity contribution in [3.05, 3.63) is 33.8 Å². The summed E-state index contributed by atoms with van der Waals surface area (Å²) in [6.45, 7) is 6.27. The molecular weight excluding hydrogens is 255 g/mol. The smallest absolute Gasteiger partial charge is 0.0465 e. The van der Waals surface area contributed by atoms with Crippen molar-refractivity contribution in [1.82, 2.24) is 10.2 Å². The maximum atomic E-state index is 6.21. The average Bonchev–Trinajstić information content (AvgIpc) is 2.49. The van der Waals surface area contributed by atoms with Crippen LogP contribution in [0.2, 0.25) is 10.0 Å². The minimum Gasteiger partial charge on any atom is -0.315 e. The number of nitrogens with one attached hydrogen (secondary N) is 1. The van der Waals surface area contributed by atoms with Gasteiger partial charge in [0.05, 0.1) is 0 Å². The Bertz CT molecular complexity index is 361. The van der Waals surface area contributed by atoms with E-state index in [9.17, 15) is 0 Å².